The summed E-state index contributed by atoms with van der Waals surface area (Å²) in [4.78, 5) is 36.6. The van der Waals surface area contributed by atoms with Gasteiger partial charge in [0.2, 0.25) is 5.91 Å². The summed E-state index contributed by atoms with van der Waals surface area (Å²) < 4.78 is 5.59. The summed E-state index contributed by atoms with van der Waals surface area (Å²) in [6, 6.07) is 15.4. The van der Waals surface area contributed by atoms with Gasteiger partial charge in [-0.3, -0.25) is 9.59 Å². The highest BCUT2D eigenvalue weighted by Gasteiger charge is 2.34. The van der Waals surface area contributed by atoms with E-state index in [1.165, 1.54) is 0 Å². The fourth-order valence-electron chi connectivity index (χ4n) is 4.54. The average Bonchev–Trinajstić information content (AvgIpc) is 3.51. The summed E-state index contributed by atoms with van der Waals surface area (Å²) in [6.45, 7) is 3.48. The van der Waals surface area contributed by atoms with Gasteiger partial charge in [-0.25, -0.2) is 4.79 Å². The van der Waals surface area contributed by atoms with E-state index in [4.69, 9.17) is 9.84 Å². The van der Waals surface area contributed by atoms with Crippen LogP contribution in [0.5, 0.6) is 0 Å². The Morgan fingerprint density at radius 1 is 1.03 bits per heavy atom. The lowest BCUT2D eigenvalue weighted by Gasteiger charge is -2.28. The van der Waals surface area contributed by atoms with Crippen LogP contribution >= 0.6 is 0 Å². The maximum absolute atomic E-state index is 12.9. The molecule has 7 nitrogen and oxygen atoms in total. The second-order valence-corrected chi connectivity index (χ2v) is 9.65. The Bertz CT molecular complexity index is 1010. The normalized spacial score (nSPS) is 15.8. The number of hydrogen-bond donors (Lipinski definition) is 3. The molecule has 0 spiro atoms. The highest BCUT2D eigenvalue weighted by Crippen LogP contribution is 2.44. The molecule has 174 valence electrons. The van der Waals surface area contributed by atoms with Crippen LogP contribution in [0.1, 0.15) is 56.6 Å². The SMILES string of the molecule is CC(C)(CC(=O)O)NC(=O)[C@H](CC1CC1)NC(=O)OCC1c2ccccc2-c2ccccc21. The fourth-order valence-corrected chi connectivity index (χ4v) is 4.54. The van der Waals surface area contributed by atoms with Gasteiger partial charge in [-0.1, -0.05) is 61.4 Å². The van der Waals surface area contributed by atoms with E-state index >= 15 is 0 Å². The van der Waals surface area contributed by atoms with Crippen molar-refractivity contribution in [1.29, 1.82) is 0 Å². The molecule has 2 aromatic carbocycles. The van der Waals surface area contributed by atoms with Crippen molar-refractivity contribution >= 4 is 18.0 Å². The van der Waals surface area contributed by atoms with E-state index < -0.39 is 23.6 Å². The lowest BCUT2D eigenvalue weighted by atomic mass is 9.98. The van der Waals surface area contributed by atoms with Gasteiger partial charge in [0.1, 0.15) is 12.6 Å². The van der Waals surface area contributed by atoms with E-state index in [2.05, 4.69) is 34.9 Å². The number of carbonyl (C=O) groups is 3. The molecule has 0 saturated heterocycles. The molecule has 2 aromatic rings. The molecule has 33 heavy (non-hydrogen) atoms. The first-order chi connectivity index (χ1) is 15.7. The summed E-state index contributed by atoms with van der Waals surface area (Å²) in [5, 5.41) is 14.5. The van der Waals surface area contributed by atoms with Crippen LogP contribution < -0.4 is 10.6 Å². The van der Waals surface area contributed by atoms with Crippen LogP contribution in [-0.2, 0) is 14.3 Å². The number of carboxylic acid groups (broad SMARTS) is 1. The van der Waals surface area contributed by atoms with E-state index in [1.807, 2.05) is 24.3 Å². The van der Waals surface area contributed by atoms with Gasteiger partial charge in [-0.15, -0.1) is 0 Å². The van der Waals surface area contributed by atoms with Gasteiger partial charge >= 0.3 is 12.1 Å². The Balaban J connectivity index is 1.40. The van der Waals surface area contributed by atoms with Crippen molar-refractivity contribution < 1.29 is 24.2 Å². The van der Waals surface area contributed by atoms with Crippen molar-refractivity contribution in [2.24, 2.45) is 5.92 Å². The number of carbonyl (C=O) groups excluding carboxylic acids is 2. The average molecular weight is 451 g/mol. The van der Waals surface area contributed by atoms with Crippen LogP contribution in [0.15, 0.2) is 48.5 Å². The first-order valence-electron chi connectivity index (χ1n) is 11.4. The molecule has 1 fully saturated rings. The van der Waals surface area contributed by atoms with Crippen molar-refractivity contribution in [3.8, 4) is 11.1 Å². The van der Waals surface area contributed by atoms with Crippen LogP contribution in [0, 0.1) is 5.92 Å². The van der Waals surface area contributed by atoms with Crippen molar-refractivity contribution in [3.63, 3.8) is 0 Å². The van der Waals surface area contributed by atoms with Gasteiger partial charge in [0.25, 0.3) is 0 Å². The molecule has 2 aliphatic carbocycles. The van der Waals surface area contributed by atoms with Gasteiger partial charge < -0.3 is 20.5 Å². The van der Waals surface area contributed by atoms with E-state index in [9.17, 15) is 14.4 Å². The summed E-state index contributed by atoms with van der Waals surface area (Å²) in [7, 11) is 0. The quantitative estimate of drug-likeness (QED) is 0.534. The summed E-state index contributed by atoms with van der Waals surface area (Å²) >= 11 is 0. The summed E-state index contributed by atoms with van der Waals surface area (Å²) in [5.41, 5.74) is 3.61. The smallest absolute Gasteiger partial charge is 0.407 e. The number of nitrogens with one attached hydrogen (secondary N) is 2. The first-order valence-corrected chi connectivity index (χ1v) is 11.4. The first kappa shape index (κ1) is 22.8. The topological polar surface area (TPSA) is 105 Å². The molecule has 0 aliphatic heterocycles. The predicted molar refractivity (Wildman–Crippen MR) is 124 cm³/mol. The largest absolute Gasteiger partial charge is 0.481 e. The minimum absolute atomic E-state index is 0.0617. The van der Waals surface area contributed by atoms with E-state index in [0.717, 1.165) is 35.1 Å². The van der Waals surface area contributed by atoms with Crippen LogP contribution in [0.2, 0.25) is 0 Å². The Labute approximate surface area is 193 Å². The minimum atomic E-state index is -0.997. The van der Waals surface area contributed by atoms with Gasteiger partial charge in [-0.2, -0.15) is 0 Å². The lowest BCUT2D eigenvalue weighted by Crippen LogP contribution is -2.54. The van der Waals surface area contributed by atoms with Crippen LogP contribution in [0.4, 0.5) is 4.79 Å². The van der Waals surface area contributed by atoms with Crippen molar-refractivity contribution in [2.75, 3.05) is 6.61 Å². The fraction of sp³-hybridized carbons (Fsp3) is 0.423. The molecule has 1 saturated carbocycles. The van der Waals surface area contributed by atoms with E-state index in [-0.39, 0.29) is 24.9 Å². The van der Waals surface area contributed by atoms with Gasteiger partial charge in [0, 0.05) is 11.5 Å². The molecule has 2 aliphatic rings. The van der Waals surface area contributed by atoms with Crippen molar-refractivity contribution in [3.05, 3.63) is 59.7 Å². The van der Waals surface area contributed by atoms with Crippen LogP contribution in [0.25, 0.3) is 11.1 Å². The Morgan fingerprint density at radius 3 is 2.15 bits per heavy atom. The summed E-state index contributed by atoms with van der Waals surface area (Å²) in [6.07, 6.45) is 1.70. The molecule has 0 aromatic heterocycles. The monoisotopic (exact) mass is 450 g/mol. The number of ether oxygens (including phenoxy) is 1. The van der Waals surface area contributed by atoms with Gasteiger partial charge in [-0.05, 0) is 48.4 Å². The third-order valence-electron chi connectivity index (χ3n) is 6.27. The maximum atomic E-state index is 12.9. The Hall–Kier alpha value is -3.35. The molecule has 0 radical (unpaired) electrons. The molecule has 0 bridgehead atoms. The summed E-state index contributed by atoms with van der Waals surface area (Å²) in [5.74, 6) is -1.06. The number of amides is 2. The number of benzene rings is 2. The zero-order valence-corrected chi connectivity index (χ0v) is 19.0. The highest BCUT2D eigenvalue weighted by atomic mass is 16.5. The van der Waals surface area contributed by atoms with Gasteiger partial charge in [0.15, 0.2) is 0 Å². The zero-order valence-electron chi connectivity index (χ0n) is 19.0. The number of rotatable bonds is 9. The number of alkyl carbamates (subject to hydrolysis) is 1. The predicted octanol–water partition coefficient (Wildman–Crippen LogP) is 4.06. The number of aliphatic carboxylic acids is 1. The van der Waals surface area contributed by atoms with Crippen LogP contribution in [0.3, 0.4) is 0 Å². The number of carboxylic acids is 1. The molecule has 4 rings (SSSR count). The number of hydrogen-bond acceptors (Lipinski definition) is 4. The maximum Gasteiger partial charge on any atom is 0.407 e. The minimum Gasteiger partial charge on any atom is -0.481 e. The van der Waals surface area contributed by atoms with Gasteiger partial charge in [0.05, 0.1) is 6.42 Å². The molecule has 2 amide bonds. The molecule has 0 heterocycles. The molecule has 1 atom stereocenters. The van der Waals surface area contributed by atoms with Crippen LogP contribution in [-0.4, -0.2) is 41.3 Å². The zero-order chi connectivity index (χ0) is 23.6. The standard InChI is InChI=1S/C26H30N2O5/c1-26(2,14-23(29)30)28-24(31)22(13-16-11-12-16)27-25(32)33-15-21-19-9-5-3-7-17(19)18-8-4-6-10-20(18)21/h3-10,16,21-22H,11-15H2,1-2H3,(H,27,32)(H,28,31)(H,29,30)/t22-/m0/s1. The number of fused-ring (bicyclic) bond motifs is 3. The molecule has 7 heteroatoms. The van der Waals surface area contributed by atoms with E-state index in [1.54, 1.807) is 13.8 Å². The van der Waals surface area contributed by atoms with E-state index in [0.29, 0.717) is 12.3 Å². The lowest BCUT2D eigenvalue weighted by molar-refractivity contribution is -0.138. The third-order valence-corrected chi connectivity index (χ3v) is 6.27. The second kappa shape index (κ2) is 9.25. The molecular formula is C26H30N2O5. The molecule has 0 unspecified atom stereocenters. The molecule has 3 N–H and O–H groups in total. The Morgan fingerprint density at radius 2 is 1.61 bits per heavy atom. The highest BCUT2D eigenvalue weighted by molar-refractivity contribution is 5.87. The second-order valence-electron chi connectivity index (χ2n) is 9.65. The Kier molecular flexibility index (Phi) is 6.40. The molecular weight excluding hydrogens is 420 g/mol. The third kappa shape index (κ3) is 5.53. The van der Waals surface area contributed by atoms with Crippen molar-refractivity contribution in [2.45, 2.75) is 57.0 Å². The van der Waals surface area contributed by atoms with Crippen molar-refractivity contribution in [1.82, 2.24) is 10.6 Å².